The summed E-state index contributed by atoms with van der Waals surface area (Å²) in [7, 11) is 0. The lowest BCUT2D eigenvalue weighted by atomic mass is 10.1. The summed E-state index contributed by atoms with van der Waals surface area (Å²) in [5.41, 5.74) is 1.19. The van der Waals surface area contributed by atoms with Gasteiger partial charge in [0.15, 0.2) is 0 Å². The molecule has 2 aliphatic rings. The van der Waals surface area contributed by atoms with Crippen molar-refractivity contribution in [3.05, 3.63) is 35.9 Å². The lowest BCUT2D eigenvalue weighted by Gasteiger charge is -2.16. The quantitative estimate of drug-likeness (QED) is 0.683. The zero-order valence-electron chi connectivity index (χ0n) is 14.4. The van der Waals surface area contributed by atoms with E-state index in [4.69, 9.17) is 0 Å². The standard InChI is InChI=1S/C19H25N3O3/c23-17-12-16(13-22(17)11-8-14-4-2-1-3-5-14)19(25)21-10-9-20-18(24)15-6-7-15/h1-5,15-16H,6-13H2,(H,20,24)(H,21,25)/t16-/m0/s1. The third kappa shape index (κ3) is 5.05. The van der Waals surface area contributed by atoms with Gasteiger partial charge in [-0.1, -0.05) is 30.3 Å². The third-order valence-electron chi connectivity index (χ3n) is 4.77. The molecule has 0 bridgehead atoms. The maximum Gasteiger partial charge on any atom is 0.225 e. The Morgan fingerprint density at radius 3 is 2.28 bits per heavy atom. The van der Waals surface area contributed by atoms with Crippen molar-refractivity contribution in [1.29, 1.82) is 0 Å². The van der Waals surface area contributed by atoms with Crippen LogP contribution in [0.5, 0.6) is 0 Å². The lowest BCUT2D eigenvalue weighted by molar-refractivity contribution is -0.129. The Balaban J connectivity index is 1.35. The Morgan fingerprint density at radius 1 is 1.00 bits per heavy atom. The summed E-state index contributed by atoms with van der Waals surface area (Å²) in [5.74, 6) is -0.0875. The number of likely N-dealkylation sites (tertiary alicyclic amines) is 1. The molecule has 0 unspecified atom stereocenters. The van der Waals surface area contributed by atoms with E-state index >= 15 is 0 Å². The molecule has 1 aliphatic carbocycles. The normalized spacial score (nSPS) is 19.8. The van der Waals surface area contributed by atoms with Crippen LogP contribution in [0.25, 0.3) is 0 Å². The van der Waals surface area contributed by atoms with E-state index in [0.29, 0.717) is 26.2 Å². The van der Waals surface area contributed by atoms with Crippen LogP contribution in [-0.4, -0.2) is 48.8 Å². The fraction of sp³-hybridized carbons (Fsp3) is 0.526. The summed E-state index contributed by atoms with van der Waals surface area (Å²) in [4.78, 5) is 37.6. The van der Waals surface area contributed by atoms with Crippen LogP contribution in [0.4, 0.5) is 0 Å². The van der Waals surface area contributed by atoms with Gasteiger partial charge in [-0.05, 0) is 24.8 Å². The van der Waals surface area contributed by atoms with Crippen LogP contribution in [0.15, 0.2) is 30.3 Å². The summed E-state index contributed by atoms with van der Waals surface area (Å²) >= 11 is 0. The highest BCUT2D eigenvalue weighted by atomic mass is 16.2. The van der Waals surface area contributed by atoms with Gasteiger partial charge in [0, 0.05) is 38.5 Å². The summed E-state index contributed by atoms with van der Waals surface area (Å²) < 4.78 is 0. The first kappa shape index (κ1) is 17.5. The molecule has 3 amide bonds. The molecule has 3 rings (SSSR count). The van der Waals surface area contributed by atoms with Gasteiger partial charge in [0.1, 0.15) is 0 Å². The summed E-state index contributed by atoms with van der Waals surface area (Å²) in [5, 5.41) is 5.64. The van der Waals surface area contributed by atoms with Crippen LogP contribution in [0.1, 0.15) is 24.8 Å². The van der Waals surface area contributed by atoms with E-state index in [2.05, 4.69) is 10.6 Å². The number of nitrogens with one attached hydrogen (secondary N) is 2. The van der Waals surface area contributed by atoms with Crippen molar-refractivity contribution in [2.24, 2.45) is 11.8 Å². The highest BCUT2D eigenvalue weighted by molar-refractivity contribution is 5.89. The van der Waals surface area contributed by atoms with Crippen molar-refractivity contribution in [2.45, 2.75) is 25.7 Å². The summed E-state index contributed by atoms with van der Waals surface area (Å²) in [6.07, 6.45) is 3.02. The van der Waals surface area contributed by atoms with Gasteiger partial charge >= 0.3 is 0 Å². The highest BCUT2D eigenvalue weighted by Gasteiger charge is 2.34. The number of amides is 3. The molecule has 6 heteroatoms. The average Bonchev–Trinajstić information content (AvgIpc) is 3.41. The number of benzene rings is 1. The largest absolute Gasteiger partial charge is 0.354 e. The monoisotopic (exact) mass is 343 g/mol. The van der Waals surface area contributed by atoms with Crippen molar-refractivity contribution >= 4 is 17.7 Å². The number of rotatable bonds is 8. The van der Waals surface area contributed by atoms with Gasteiger partial charge < -0.3 is 15.5 Å². The second kappa shape index (κ2) is 8.14. The van der Waals surface area contributed by atoms with E-state index in [9.17, 15) is 14.4 Å². The molecule has 1 aliphatic heterocycles. The van der Waals surface area contributed by atoms with Gasteiger partial charge in [0.05, 0.1) is 5.92 Å². The second-order valence-corrected chi connectivity index (χ2v) is 6.83. The van der Waals surface area contributed by atoms with Crippen LogP contribution >= 0.6 is 0 Å². The van der Waals surface area contributed by atoms with E-state index in [1.807, 2.05) is 30.3 Å². The first-order valence-corrected chi connectivity index (χ1v) is 9.00. The van der Waals surface area contributed by atoms with Gasteiger partial charge in [0.2, 0.25) is 17.7 Å². The molecule has 1 atom stereocenters. The van der Waals surface area contributed by atoms with E-state index in [1.165, 1.54) is 5.56 Å². The van der Waals surface area contributed by atoms with Crippen molar-refractivity contribution in [3.8, 4) is 0 Å². The zero-order valence-corrected chi connectivity index (χ0v) is 14.4. The predicted molar refractivity (Wildman–Crippen MR) is 93.6 cm³/mol. The number of hydrogen-bond donors (Lipinski definition) is 2. The van der Waals surface area contributed by atoms with Crippen molar-refractivity contribution in [1.82, 2.24) is 15.5 Å². The Kier molecular flexibility index (Phi) is 5.68. The fourth-order valence-corrected chi connectivity index (χ4v) is 3.08. The van der Waals surface area contributed by atoms with Crippen LogP contribution in [-0.2, 0) is 20.8 Å². The van der Waals surface area contributed by atoms with Crippen LogP contribution < -0.4 is 10.6 Å². The minimum atomic E-state index is -0.289. The topological polar surface area (TPSA) is 78.5 Å². The van der Waals surface area contributed by atoms with Crippen LogP contribution in [0.2, 0.25) is 0 Å². The summed E-state index contributed by atoms with van der Waals surface area (Å²) in [6, 6.07) is 10.0. The molecule has 2 N–H and O–H groups in total. The Hall–Kier alpha value is -2.37. The average molecular weight is 343 g/mol. The third-order valence-corrected chi connectivity index (χ3v) is 4.77. The van der Waals surface area contributed by atoms with Gasteiger partial charge in [-0.2, -0.15) is 0 Å². The molecule has 1 saturated heterocycles. The zero-order chi connectivity index (χ0) is 17.6. The molecule has 1 saturated carbocycles. The number of carbonyl (C=O) groups excluding carboxylic acids is 3. The SMILES string of the molecule is O=C(NCCNC(=O)[C@H]1CC(=O)N(CCc2ccccc2)C1)C1CC1. The molecule has 0 aromatic heterocycles. The molecular formula is C19H25N3O3. The van der Waals surface area contributed by atoms with Gasteiger partial charge in [-0.25, -0.2) is 0 Å². The van der Waals surface area contributed by atoms with E-state index < -0.39 is 0 Å². The van der Waals surface area contributed by atoms with Crippen molar-refractivity contribution < 1.29 is 14.4 Å². The van der Waals surface area contributed by atoms with Gasteiger partial charge in [-0.3, -0.25) is 14.4 Å². The molecule has 25 heavy (non-hydrogen) atoms. The molecule has 2 fully saturated rings. The highest BCUT2D eigenvalue weighted by Crippen LogP contribution is 2.28. The lowest BCUT2D eigenvalue weighted by Crippen LogP contribution is -2.38. The smallest absolute Gasteiger partial charge is 0.225 e. The molecule has 0 spiro atoms. The first-order valence-electron chi connectivity index (χ1n) is 9.00. The molecule has 1 heterocycles. The Bertz CT molecular complexity index is 628. The second-order valence-electron chi connectivity index (χ2n) is 6.83. The van der Waals surface area contributed by atoms with Crippen LogP contribution in [0, 0.1) is 11.8 Å². The maximum atomic E-state index is 12.2. The van der Waals surface area contributed by atoms with E-state index in [1.54, 1.807) is 4.90 Å². The number of carbonyl (C=O) groups is 3. The van der Waals surface area contributed by atoms with Gasteiger partial charge in [-0.15, -0.1) is 0 Å². The predicted octanol–water partition coefficient (Wildman–Crippen LogP) is 0.720. The number of hydrogen-bond acceptors (Lipinski definition) is 3. The van der Waals surface area contributed by atoms with Gasteiger partial charge in [0.25, 0.3) is 0 Å². The Morgan fingerprint density at radius 2 is 1.64 bits per heavy atom. The molecular weight excluding hydrogens is 318 g/mol. The minimum Gasteiger partial charge on any atom is -0.354 e. The fourth-order valence-electron chi connectivity index (χ4n) is 3.08. The van der Waals surface area contributed by atoms with E-state index in [0.717, 1.165) is 19.3 Å². The van der Waals surface area contributed by atoms with Crippen molar-refractivity contribution in [2.75, 3.05) is 26.2 Å². The minimum absolute atomic E-state index is 0.0399. The molecule has 1 aromatic carbocycles. The van der Waals surface area contributed by atoms with E-state index in [-0.39, 0.29) is 36.0 Å². The van der Waals surface area contributed by atoms with Crippen molar-refractivity contribution in [3.63, 3.8) is 0 Å². The molecule has 6 nitrogen and oxygen atoms in total. The first-order chi connectivity index (χ1) is 12.1. The molecule has 0 radical (unpaired) electrons. The Labute approximate surface area is 148 Å². The summed E-state index contributed by atoms with van der Waals surface area (Å²) in [6.45, 7) is 1.97. The maximum absolute atomic E-state index is 12.2. The molecule has 1 aromatic rings. The van der Waals surface area contributed by atoms with Crippen LogP contribution in [0.3, 0.4) is 0 Å². The molecule has 134 valence electrons. The number of nitrogens with zero attached hydrogens (tertiary/aromatic N) is 1.